The van der Waals surface area contributed by atoms with Crippen molar-refractivity contribution in [2.75, 3.05) is 0 Å². The van der Waals surface area contributed by atoms with Gasteiger partial charge in [-0.2, -0.15) is 0 Å². The van der Waals surface area contributed by atoms with Crippen LogP contribution in [-0.2, 0) is 4.79 Å². The molecule has 0 bridgehead atoms. The number of thiocarbonyl (C=S) groups is 1. The van der Waals surface area contributed by atoms with E-state index in [1.807, 2.05) is 0 Å². The van der Waals surface area contributed by atoms with E-state index in [0.29, 0.717) is 0 Å². The maximum absolute atomic E-state index is 9.98. The minimum Gasteiger partial charge on any atom is -0.412 e. The monoisotopic (exact) mass is 136 g/mol. The zero-order valence-corrected chi connectivity index (χ0v) is 5.21. The minimum atomic E-state index is -0.229. The number of rotatable bonds is 0. The molecular weight excluding hydrogens is 128 g/mol. The summed E-state index contributed by atoms with van der Waals surface area (Å²) in [6.45, 7) is 1.35. The molecule has 0 rings (SSSR count). The minimum absolute atomic E-state index is 0. The van der Waals surface area contributed by atoms with Gasteiger partial charge in [-0.1, -0.05) is 0 Å². The molecule has 1 amide bonds. The fourth-order valence-electron chi connectivity index (χ4n) is 0.173. The van der Waals surface area contributed by atoms with Crippen molar-refractivity contribution in [1.29, 1.82) is 0 Å². The number of carbonyl (C=O) groups is 1. The average Bonchev–Trinajstić information content (AvgIpc) is 1.27. The summed E-state index contributed by atoms with van der Waals surface area (Å²) in [5.41, 5.74) is 4.89. The molecule has 0 aromatic heterocycles. The average molecular weight is 136 g/mol. The zero-order chi connectivity index (χ0) is 5.86. The van der Waals surface area contributed by atoms with E-state index in [-0.39, 0.29) is 16.5 Å². The predicted octanol–water partition coefficient (Wildman–Crippen LogP) is -1.46. The van der Waals surface area contributed by atoms with Crippen LogP contribution in [0.4, 0.5) is 0 Å². The predicted molar refractivity (Wildman–Crippen MR) is 34.2 cm³/mol. The molecule has 0 heterocycles. The number of amides is 1. The molecule has 0 radical (unpaired) electrons. The van der Waals surface area contributed by atoms with Crippen LogP contribution in [0, 0.1) is 0 Å². The highest BCUT2D eigenvalue weighted by Crippen LogP contribution is 1.57. The molecule has 0 saturated heterocycles. The Bertz CT molecular complexity index is 91.5. The molecule has 4 nitrogen and oxygen atoms in total. The third-order valence-electron chi connectivity index (χ3n) is 0.299. The van der Waals surface area contributed by atoms with Crippen LogP contribution in [0.1, 0.15) is 6.92 Å². The van der Waals surface area contributed by atoms with Crippen LogP contribution in [0.15, 0.2) is 0 Å². The van der Waals surface area contributed by atoms with E-state index < -0.39 is 0 Å². The topological polar surface area (TPSA) is 86.6 Å². The van der Waals surface area contributed by atoms with E-state index in [4.69, 9.17) is 5.73 Å². The Labute approximate surface area is 52.4 Å². The highest BCUT2D eigenvalue weighted by atomic mass is 32.1. The largest absolute Gasteiger partial charge is 0.412 e. The number of hydrogen-bond acceptors (Lipinski definition) is 2. The van der Waals surface area contributed by atoms with Crippen molar-refractivity contribution in [3.05, 3.63) is 0 Å². The summed E-state index contributed by atoms with van der Waals surface area (Å²) in [7, 11) is 0. The first-order chi connectivity index (χ1) is 3.13. The van der Waals surface area contributed by atoms with Gasteiger partial charge in [-0.15, -0.1) is 0 Å². The fraction of sp³-hybridized carbons (Fsp3) is 0.333. The smallest absolute Gasteiger partial charge is 0.222 e. The first-order valence-electron chi connectivity index (χ1n) is 1.70. The molecule has 0 aliphatic rings. The third-order valence-corrected chi connectivity index (χ3v) is 0.401. The first kappa shape index (κ1) is 10.3. The van der Waals surface area contributed by atoms with Gasteiger partial charge in [0.15, 0.2) is 5.11 Å². The molecule has 0 aromatic rings. The summed E-state index contributed by atoms with van der Waals surface area (Å²) in [4.78, 5) is 9.98. The second-order valence-electron chi connectivity index (χ2n) is 1.05. The van der Waals surface area contributed by atoms with Crippen LogP contribution in [0.3, 0.4) is 0 Å². The van der Waals surface area contributed by atoms with Crippen LogP contribution in [0.25, 0.3) is 0 Å². The van der Waals surface area contributed by atoms with E-state index in [0.717, 1.165) is 0 Å². The van der Waals surface area contributed by atoms with Gasteiger partial charge in [0.25, 0.3) is 0 Å². The van der Waals surface area contributed by atoms with E-state index in [2.05, 4.69) is 17.5 Å². The molecular formula is C3H8N2O2S. The Balaban J connectivity index is 0. The molecule has 0 atom stereocenters. The molecule has 0 aliphatic heterocycles. The van der Waals surface area contributed by atoms with E-state index in [9.17, 15) is 4.79 Å². The normalized spacial score (nSPS) is 6.62. The highest BCUT2D eigenvalue weighted by Gasteiger charge is 1.87. The van der Waals surface area contributed by atoms with Gasteiger partial charge in [0, 0.05) is 6.92 Å². The van der Waals surface area contributed by atoms with Crippen LogP contribution in [0.2, 0.25) is 0 Å². The summed E-state index contributed by atoms with van der Waals surface area (Å²) >= 11 is 4.32. The van der Waals surface area contributed by atoms with Crippen LogP contribution < -0.4 is 11.1 Å². The second kappa shape index (κ2) is 4.48. The Morgan fingerprint density at radius 3 is 2.12 bits per heavy atom. The first-order valence-corrected chi connectivity index (χ1v) is 2.11. The van der Waals surface area contributed by atoms with Gasteiger partial charge in [0.1, 0.15) is 0 Å². The van der Waals surface area contributed by atoms with Crippen molar-refractivity contribution in [1.82, 2.24) is 5.32 Å². The van der Waals surface area contributed by atoms with Crippen molar-refractivity contribution in [2.24, 2.45) is 5.73 Å². The van der Waals surface area contributed by atoms with Crippen molar-refractivity contribution >= 4 is 23.2 Å². The SMILES string of the molecule is CC(=O)NC(N)=S.O. The molecule has 5 N–H and O–H groups in total. The molecule has 0 unspecified atom stereocenters. The highest BCUT2D eigenvalue weighted by molar-refractivity contribution is 7.80. The van der Waals surface area contributed by atoms with Crippen LogP contribution in [0.5, 0.6) is 0 Å². The molecule has 5 heteroatoms. The lowest BCUT2D eigenvalue weighted by Gasteiger charge is -1.92. The number of nitrogens with one attached hydrogen (secondary N) is 1. The second-order valence-corrected chi connectivity index (χ2v) is 1.49. The summed E-state index contributed by atoms with van der Waals surface area (Å²) in [6, 6.07) is 0. The van der Waals surface area contributed by atoms with Crippen molar-refractivity contribution < 1.29 is 10.3 Å². The quantitative estimate of drug-likeness (QED) is 0.399. The summed E-state index contributed by atoms with van der Waals surface area (Å²) in [5, 5.41) is 2.20. The Hall–Kier alpha value is -0.680. The number of carbonyl (C=O) groups excluding carboxylic acids is 1. The Morgan fingerprint density at radius 2 is 2.12 bits per heavy atom. The maximum Gasteiger partial charge on any atom is 0.222 e. The van der Waals surface area contributed by atoms with E-state index in [1.54, 1.807) is 0 Å². The van der Waals surface area contributed by atoms with E-state index >= 15 is 0 Å². The van der Waals surface area contributed by atoms with Gasteiger partial charge in [0.2, 0.25) is 5.91 Å². The molecule has 0 saturated carbocycles. The lowest BCUT2D eigenvalue weighted by atomic mass is 10.7. The molecule has 8 heavy (non-hydrogen) atoms. The summed E-state index contributed by atoms with van der Waals surface area (Å²) in [5.74, 6) is -0.229. The van der Waals surface area contributed by atoms with Gasteiger partial charge >= 0.3 is 0 Å². The maximum atomic E-state index is 9.98. The Morgan fingerprint density at radius 1 is 1.75 bits per heavy atom. The third kappa shape index (κ3) is 9.01. The Kier molecular flexibility index (Phi) is 5.78. The van der Waals surface area contributed by atoms with Crippen LogP contribution in [-0.4, -0.2) is 16.5 Å². The number of nitrogens with two attached hydrogens (primary N) is 1. The standard InChI is InChI=1S/C3H6N2OS.H2O/c1-2(6)5-3(4)7;/h1H3,(H3,4,5,6,7);1H2. The van der Waals surface area contributed by atoms with Gasteiger partial charge in [0.05, 0.1) is 0 Å². The van der Waals surface area contributed by atoms with Gasteiger partial charge in [-0.3, -0.25) is 4.79 Å². The van der Waals surface area contributed by atoms with Crippen molar-refractivity contribution in [2.45, 2.75) is 6.92 Å². The van der Waals surface area contributed by atoms with Crippen molar-refractivity contribution in [3.63, 3.8) is 0 Å². The van der Waals surface area contributed by atoms with Gasteiger partial charge in [-0.25, -0.2) is 0 Å². The van der Waals surface area contributed by atoms with Crippen LogP contribution >= 0.6 is 12.2 Å². The lowest BCUT2D eigenvalue weighted by molar-refractivity contribution is -0.117. The number of hydrogen-bond donors (Lipinski definition) is 2. The van der Waals surface area contributed by atoms with E-state index in [1.165, 1.54) is 6.92 Å². The van der Waals surface area contributed by atoms with Gasteiger partial charge in [-0.05, 0) is 12.2 Å². The summed E-state index contributed by atoms with van der Waals surface area (Å²) < 4.78 is 0. The zero-order valence-electron chi connectivity index (χ0n) is 4.39. The molecule has 0 spiro atoms. The van der Waals surface area contributed by atoms with Crippen molar-refractivity contribution in [3.8, 4) is 0 Å². The summed E-state index contributed by atoms with van der Waals surface area (Å²) in [6.07, 6.45) is 0. The molecule has 0 aliphatic carbocycles. The lowest BCUT2D eigenvalue weighted by Crippen LogP contribution is -2.32. The molecule has 48 valence electrons. The van der Waals surface area contributed by atoms with Gasteiger partial charge < -0.3 is 16.5 Å². The molecule has 0 fully saturated rings. The fourth-order valence-corrected chi connectivity index (χ4v) is 0.317. The molecule has 0 aromatic carbocycles.